The smallest absolute Gasteiger partial charge is 0.221 e. The Morgan fingerprint density at radius 2 is 2.43 bits per heavy atom. The summed E-state index contributed by atoms with van der Waals surface area (Å²) in [4.78, 5) is 11.1. The zero-order valence-corrected chi connectivity index (χ0v) is 9.01. The van der Waals surface area contributed by atoms with Crippen LogP contribution >= 0.6 is 0 Å². The molecule has 0 aromatic heterocycles. The normalized spacial score (nSPS) is 24.3. The lowest BCUT2D eigenvalue weighted by atomic mass is 10.1. The molecule has 1 heterocycles. The molecular formula is C10H20N2O2. The molecule has 0 spiro atoms. The highest BCUT2D eigenvalue weighted by atomic mass is 16.5. The Kier molecular flexibility index (Phi) is 4.90. The second-order valence-electron chi connectivity index (χ2n) is 3.86. The van der Waals surface area contributed by atoms with Crippen molar-refractivity contribution in [3.8, 4) is 0 Å². The van der Waals surface area contributed by atoms with E-state index < -0.39 is 0 Å². The van der Waals surface area contributed by atoms with Gasteiger partial charge < -0.3 is 15.4 Å². The van der Waals surface area contributed by atoms with Gasteiger partial charge in [0.15, 0.2) is 0 Å². The van der Waals surface area contributed by atoms with Crippen LogP contribution in [0.2, 0.25) is 0 Å². The van der Waals surface area contributed by atoms with E-state index in [0.29, 0.717) is 12.5 Å². The maximum Gasteiger partial charge on any atom is 0.221 e. The van der Waals surface area contributed by atoms with Gasteiger partial charge in [0, 0.05) is 32.2 Å². The summed E-state index contributed by atoms with van der Waals surface area (Å²) in [5.74, 6) is 0.0849. The summed E-state index contributed by atoms with van der Waals surface area (Å²) in [6.45, 7) is 3.68. The van der Waals surface area contributed by atoms with Crippen LogP contribution in [0.15, 0.2) is 0 Å². The van der Waals surface area contributed by atoms with Crippen molar-refractivity contribution in [2.24, 2.45) is 0 Å². The van der Waals surface area contributed by atoms with Crippen LogP contribution in [0.4, 0.5) is 0 Å². The molecule has 0 aromatic rings. The first-order valence-corrected chi connectivity index (χ1v) is 5.26. The van der Waals surface area contributed by atoms with Gasteiger partial charge in [-0.15, -0.1) is 0 Å². The lowest BCUT2D eigenvalue weighted by molar-refractivity contribution is -0.121. The van der Waals surface area contributed by atoms with E-state index in [1.807, 2.05) is 6.92 Å². The van der Waals surface area contributed by atoms with E-state index in [1.54, 1.807) is 7.05 Å². The zero-order chi connectivity index (χ0) is 10.4. The van der Waals surface area contributed by atoms with Gasteiger partial charge in [-0.25, -0.2) is 0 Å². The van der Waals surface area contributed by atoms with Crippen molar-refractivity contribution >= 4 is 5.91 Å². The van der Waals surface area contributed by atoms with Crippen LogP contribution < -0.4 is 10.6 Å². The van der Waals surface area contributed by atoms with Crippen molar-refractivity contribution in [2.75, 3.05) is 20.3 Å². The van der Waals surface area contributed by atoms with Gasteiger partial charge in [-0.1, -0.05) is 0 Å². The topological polar surface area (TPSA) is 50.4 Å². The predicted octanol–water partition coefficient (Wildman–Crippen LogP) is 0.280. The van der Waals surface area contributed by atoms with Crippen LogP contribution in [-0.4, -0.2) is 38.3 Å². The van der Waals surface area contributed by atoms with Gasteiger partial charge in [0.1, 0.15) is 0 Å². The number of carbonyl (C=O) groups is 1. The highest BCUT2D eigenvalue weighted by Crippen LogP contribution is 2.07. The van der Waals surface area contributed by atoms with E-state index in [-0.39, 0.29) is 11.9 Å². The summed E-state index contributed by atoms with van der Waals surface area (Å²) in [6, 6.07) is 0.644. The van der Waals surface area contributed by atoms with Crippen LogP contribution in [0.3, 0.4) is 0 Å². The van der Waals surface area contributed by atoms with Gasteiger partial charge in [0.05, 0.1) is 6.61 Å². The van der Waals surface area contributed by atoms with E-state index in [9.17, 15) is 4.79 Å². The summed E-state index contributed by atoms with van der Waals surface area (Å²) >= 11 is 0. The first-order valence-electron chi connectivity index (χ1n) is 5.26. The minimum absolute atomic E-state index is 0.0849. The Morgan fingerprint density at radius 1 is 1.64 bits per heavy atom. The first kappa shape index (κ1) is 11.5. The minimum Gasteiger partial charge on any atom is -0.380 e. The highest BCUT2D eigenvalue weighted by Gasteiger charge is 2.16. The Labute approximate surface area is 85.4 Å². The van der Waals surface area contributed by atoms with Crippen LogP contribution in [0.5, 0.6) is 0 Å². The first-order chi connectivity index (χ1) is 6.72. The number of carbonyl (C=O) groups excluding carboxylic acids is 1. The van der Waals surface area contributed by atoms with Crippen molar-refractivity contribution in [1.29, 1.82) is 0 Å². The molecule has 0 bridgehead atoms. The van der Waals surface area contributed by atoms with E-state index >= 15 is 0 Å². The molecule has 0 aliphatic carbocycles. The zero-order valence-electron chi connectivity index (χ0n) is 9.01. The summed E-state index contributed by atoms with van der Waals surface area (Å²) in [7, 11) is 1.67. The monoisotopic (exact) mass is 200 g/mol. The third kappa shape index (κ3) is 4.07. The average molecular weight is 200 g/mol. The molecule has 1 amide bonds. The largest absolute Gasteiger partial charge is 0.380 e. The van der Waals surface area contributed by atoms with Gasteiger partial charge in [0.2, 0.25) is 5.91 Å². The fourth-order valence-electron chi connectivity index (χ4n) is 1.71. The Bertz CT molecular complexity index is 179. The average Bonchev–Trinajstić information content (AvgIpc) is 2.19. The molecule has 1 rings (SSSR count). The Morgan fingerprint density at radius 3 is 3.00 bits per heavy atom. The van der Waals surface area contributed by atoms with Crippen LogP contribution in [0, 0.1) is 0 Å². The van der Waals surface area contributed by atoms with Gasteiger partial charge in [0.25, 0.3) is 0 Å². The van der Waals surface area contributed by atoms with Gasteiger partial charge in [-0.2, -0.15) is 0 Å². The van der Waals surface area contributed by atoms with Gasteiger partial charge in [-0.05, 0) is 19.8 Å². The molecular weight excluding hydrogens is 180 g/mol. The molecule has 2 atom stereocenters. The molecule has 1 fully saturated rings. The standard InChI is InChI=1S/C10H20N2O2/c1-8(6-10(13)11-2)12-9-4-3-5-14-7-9/h8-9,12H,3-7H2,1-2H3,(H,11,13). The van der Waals surface area contributed by atoms with E-state index in [1.165, 1.54) is 0 Å². The third-order valence-corrected chi connectivity index (χ3v) is 2.45. The molecule has 0 aromatic carbocycles. The molecule has 0 radical (unpaired) electrons. The minimum atomic E-state index is 0.0849. The molecule has 82 valence electrons. The summed E-state index contributed by atoms with van der Waals surface area (Å²) in [5, 5.41) is 6.02. The van der Waals surface area contributed by atoms with Crippen molar-refractivity contribution < 1.29 is 9.53 Å². The molecule has 2 N–H and O–H groups in total. The fourth-order valence-corrected chi connectivity index (χ4v) is 1.71. The molecule has 14 heavy (non-hydrogen) atoms. The van der Waals surface area contributed by atoms with E-state index in [4.69, 9.17) is 4.74 Å². The number of amides is 1. The van der Waals surface area contributed by atoms with Crippen LogP contribution in [0.25, 0.3) is 0 Å². The van der Waals surface area contributed by atoms with Crippen molar-refractivity contribution in [2.45, 2.75) is 38.3 Å². The lowest BCUT2D eigenvalue weighted by Crippen LogP contribution is -2.43. The van der Waals surface area contributed by atoms with Crippen molar-refractivity contribution in [1.82, 2.24) is 10.6 Å². The fraction of sp³-hybridized carbons (Fsp3) is 0.900. The number of hydrogen-bond acceptors (Lipinski definition) is 3. The Balaban J connectivity index is 2.18. The third-order valence-electron chi connectivity index (χ3n) is 2.45. The quantitative estimate of drug-likeness (QED) is 0.685. The second kappa shape index (κ2) is 5.98. The Hall–Kier alpha value is -0.610. The number of rotatable bonds is 4. The number of ether oxygens (including phenoxy) is 1. The lowest BCUT2D eigenvalue weighted by Gasteiger charge is -2.26. The number of nitrogens with one attached hydrogen (secondary N) is 2. The molecule has 2 unspecified atom stereocenters. The maximum absolute atomic E-state index is 11.1. The summed E-state index contributed by atoms with van der Waals surface area (Å²) < 4.78 is 5.35. The van der Waals surface area contributed by atoms with E-state index in [2.05, 4.69) is 10.6 Å². The van der Waals surface area contributed by atoms with E-state index in [0.717, 1.165) is 26.1 Å². The van der Waals surface area contributed by atoms with Gasteiger partial charge >= 0.3 is 0 Å². The number of hydrogen-bond donors (Lipinski definition) is 2. The highest BCUT2D eigenvalue weighted by molar-refractivity contribution is 5.76. The maximum atomic E-state index is 11.1. The van der Waals surface area contributed by atoms with Crippen LogP contribution in [0.1, 0.15) is 26.2 Å². The molecule has 1 aliphatic rings. The second-order valence-corrected chi connectivity index (χ2v) is 3.86. The SMILES string of the molecule is CNC(=O)CC(C)NC1CCCOC1. The molecule has 4 heteroatoms. The molecule has 0 saturated carbocycles. The van der Waals surface area contributed by atoms with Crippen molar-refractivity contribution in [3.63, 3.8) is 0 Å². The summed E-state index contributed by atoms with van der Waals surface area (Å²) in [5.41, 5.74) is 0. The summed E-state index contributed by atoms with van der Waals surface area (Å²) in [6.07, 6.45) is 2.80. The molecule has 4 nitrogen and oxygen atoms in total. The van der Waals surface area contributed by atoms with Gasteiger partial charge in [-0.3, -0.25) is 4.79 Å². The van der Waals surface area contributed by atoms with Crippen molar-refractivity contribution in [3.05, 3.63) is 0 Å². The molecule has 1 saturated heterocycles. The predicted molar refractivity (Wildman–Crippen MR) is 55.1 cm³/mol. The molecule has 1 aliphatic heterocycles. The van der Waals surface area contributed by atoms with Crippen LogP contribution in [-0.2, 0) is 9.53 Å².